The van der Waals surface area contributed by atoms with Crippen molar-refractivity contribution in [3.05, 3.63) is 437 Å². The van der Waals surface area contributed by atoms with Crippen LogP contribution in [0.4, 0.5) is 35.2 Å². The molecule has 0 saturated carbocycles. The van der Waals surface area contributed by atoms with Gasteiger partial charge >= 0.3 is 0 Å². The molecule has 0 radical (unpaired) electrons. The Morgan fingerprint density at radius 3 is 1.05 bits per heavy atom. The number of ether oxygens (including phenoxy) is 4. The van der Waals surface area contributed by atoms with Gasteiger partial charge in [-0.1, -0.05) is 210 Å². The number of nitrogens with zero attached hydrogens (tertiary/aromatic N) is 17. The Labute approximate surface area is 874 Å². The van der Waals surface area contributed by atoms with Crippen molar-refractivity contribution in [2.24, 2.45) is 0 Å². The third kappa shape index (κ3) is 30.1. The number of pyridine rings is 11. The fourth-order valence-corrected chi connectivity index (χ4v) is 14.5. The van der Waals surface area contributed by atoms with Crippen LogP contribution in [0, 0.1) is 6.92 Å². The van der Waals surface area contributed by atoms with Gasteiger partial charge in [-0.25, -0.2) is 39.6 Å². The van der Waals surface area contributed by atoms with Crippen molar-refractivity contribution in [3.63, 3.8) is 0 Å². The first-order chi connectivity index (χ1) is 72.0. The van der Waals surface area contributed by atoms with Gasteiger partial charge in [0.25, 0.3) is 35.4 Å². The smallest absolute Gasteiger partial charge is 0.259 e. The Hall–Kier alpha value is -18.4. The summed E-state index contributed by atoms with van der Waals surface area (Å²) < 4.78 is 23.3. The van der Waals surface area contributed by atoms with Crippen LogP contribution in [0.15, 0.2) is 372 Å². The topological polar surface area (TPSA) is 423 Å². The second kappa shape index (κ2) is 53.1. The molecule has 738 valence electrons. The van der Waals surface area contributed by atoms with E-state index >= 15 is 0 Å². The van der Waals surface area contributed by atoms with Crippen LogP contribution in [0.25, 0.3) is 72.6 Å². The predicted molar refractivity (Wildman–Crippen MR) is 572 cm³/mol. The lowest BCUT2D eigenvalue weighted by Crippen LogP contribution is -2.15. The normalized spacial score (nSPS) is 10.4. The average molecular weight is 2070 g/mol. The lowest BCUT2D eigenvalue weighted by atomic mass is 10.1. The number of rotatable bonds is 25. The molecule has 14 aromatic heterocycles. The van der Waals surface area contributed by atoms with Crippen molar-refractivity contribution in [3.8, 4) is 96.1 Å². The fourth-order valence-electron chi connectivity index (χ4n) is 13.5. The molecule has 19 aromatic rings. The third-order valence-electron chi connectivity index (χ3n) is 20.6. The minimum atomic E-state index is -0.391. The van der Waals surface area contributed by atoms with Crippen molar-refractivity contribution < 1.29 is 47.7 Å². The summed E-state index contributed by atoms with van der Waals surface area (Å²) in [7, 11) is 3.00. The molecular formula is C110H88Cl5N23O10. The van der Waals surface area contributed by atoms with E-state index in [1.54, 1.807) is 133 Å². The second-order valence-corrected chi connectivity index (χ2v) is 33.1. The number of hydrogen-bond acceptors (Lipinski definition) is 26. The number of carbonyl (C=O) groups excluding carboxylic acids is 6. The van der Waals surface area contributed by atoms with Gasteiger partial charge in [-0.15, -0.1) is 0 Å². The lowest BCUT2D eigenvalue weighted by Gasteiger charge is -2.13. The lowest BCUT2D eigenvalue weighted by molar-refractivity contribution is 0.101. The van der Waals surface area contributed by atoms with E-state index in [-0.39, 0.29) is 68.0 Å². The monoisotopic (exact) mass is 2070 g/mol. The van der Waals surface area contributed by atoms with Gasteiger partial charge in [0.05, 0.1) is 88.5 Å². The number of methoxy groups -OCH3 is 2. The average Bonchev–Trinajstić information content (AvgIpc) is 1.37. The van der Waals surface area contributed by atoms with E-state index in [1.165, 1.54) is 63.5 Å². The molecule has 148 heavy (non-hydrogen) atoms. The second-order valence-electron chi connectivity index (χ2n) is 31.2. The van der Waals surface area contributed by atoms with Crippen molar-refractivity contribution in [1.29, 1.82) is 0 Å². The SMILES string of the molecule is CC(C)Oc1ncc(C(=O)Nc2ccc(-c3ccccc3)cn2)cc1Cl.CCOc1ccc(C(=O)Nc2ccc(-n3nc(-c4cccnc4)cc3C)cn2)cn1.COc1nc(NC(=O)c2cccnc2)nc(OC)c1-c1ccccc1.O=C(Nc1ccc(-c2ccccc2)cn1)c1cccnc1.O=C(Nc1ccc(-c2ccccc2)cn1)c1cnc(Cl)c(Cl)c1.O=C(Nc1nc(Cl)c(-c2ccccc2)c(Cl)n1)c1cccnc1. The summed E-state index contributed by atoms with van der Waals surface area (Å²) in [5.74, 6) is 1.42. The summed E-state index contributed by atoms with van der Waals surface area (Å²) in [6, 6.07) is 85.3. The van der Waals surface area contributed by atoms with Crippen LogP contribution in [-0.4, -0.2) is 147 Å². The van der Waals surface area contributed by atoms with Gasteiger partial charge in [-0.05, 0) is 177 Å². The Morgan fingerprint density at radius 1 is 0.318 bits per heavy atom. The molecule has 0 aliphatic carbocycles. The van der Waals surface area contributed by atoms with E-state index in [9.17, 15) is 28.8 Å². The van der Waals surface area contributed by atoms with E-state index in [0.29, 0.717) is 103 Å². The molecule has 38 heteroatoms. The van der Waals surface area contributed by atoms with Gasteiger partial charge in [0.2, 0.25) is 35.4 Å². The van der Waals surface area contributed by atoms with Gasteiger partial charge in [-0.3, -0.25) is 59.3 Å². The molecule has 14 heterocycles. The number of aromatic nitrogens is 17. The number of hydrogen-bond donors (Lipinski definition) is 6. The summed E-state index contributed by atoms with van der Waals surface area (Å²) in [4.78, 5) is 135. The van der Waals surface area contributed by atoms with Gasteiger partial charge < -0.3 is 40.2 Å². The number of carbonyl (C=O) groups is 6. The molecule has 0 bridgehead atoms. The number of anilines is 6. The molecule has 5 aromatic carbocycles. The van der Waals surface area contributed by atoms with Crippen molar-refractivity contribution >= 4 is 129 Å². The highest BCUT2D eigenvalue weighted by Crippen LogP contribution is 2.38. The van der Waals surface area contributed by atoms with E-state index in [4.69, 9.17) is 77.0 Å². The van der Waals surface area contributed by atoms with E-state index in [0.717, 1.165) is 67.1 Å². The van der Waals surface area contributed by atoms with Crippen LogP contribution in [0.3, 0.4) is 0 Å². The summed E-state index contributed by atoms with van der Waals surface area (Å²) >= 11 is 30.1. The van der Waals surface area contributed by atoms with Crippen LogP contribution in [0.1, 0.15) is 88.6 Å². The number of benzene rings is 5. The van der Waals surface area contributed by atoms with Crippen molar-refractivity contribution in [2.45, 2.75) is 33.8 Å². The van der Waals surface area contributed by atoms with E-state index in [1.807, 2.05) is 222 Å². The standard InChI is InChI=1S/C22H20N6O2.C20H18ClN3O2.C18H16N4O3.C17H11Cl2N3O.C17H13N3O.C16H10Cl2N4O/c1-3-30-21-9-6-17(13-25-21)22(29)26-20-8-7-18(14-24-20)28-15(2)11-19(27-28)16-5-4-10-23-12-16;1-13(2)26-20-17(21)10-16(12-23-20)19(25)24-18-9-8-15(11-22-18)14-6-4-3-5-7-14;1-24-16-14(12-7-4-3-5-8-12)17(25-2)22-18(21-16)20-15(23)13-9-6-10-19-11-13;18-14-8-13(10-21-16(14)19)17(23)22-15-7-6-12(9-20-15)11-4-2-1-3-5-11;21-17(15-7-4-10-18-11-15)20-16-9-8-14(12-19-16)13-5-2-1-3-6-13;17-13-12(10-5-2-1-3-6-10)14(18)21-16(20-13)22-15(23)11-7-4-8-19-9-11/h4-14H,3H2,1-2H3,(H,24,26,29);3-13H,1-2H3,(H,22,24,25);3-11H,1-2H3,(H,20,21,22,23);1-10H,(H,20,22,23);1-12H,(H,19,20,21);1-9H,(H,20,21,22,23). The zero-order chi connectivity index (χ0) is 104. The highest BCUT2D eigenvalue weighted by Gasteiger charge is 2.23. The van der Waals surface area contributed by atoms with Crippen LogP contribution in [-0.2, 0) is 0 Å². The maximum atomic E-state index is 12.4. The molecule has 19 rings (SSSR count). The zero-order valence-electron chi connectivity index (χ0n) is 79.6. The van der Waals surface area contributed by atoms with Gasteiger partial charge in [-0.2, -0.15) is 25.0 Å². The molecule has 6 amide bonds. The number of aryl methyl sites for hydroxylation is 1. The molecule has 33 nitrogen and oxygen atoms in total. The zero-order valence-corrected chi connectivity index (χ0v) is 83.4. The first kappa shape index (κ1) is 105. The molecule has 0 atom stereocenters. The highest BCUT2D eigenvalue weighted by atomic mass is 35.5. The minimum absolute atomic E-state index is 0.0357. The number of nitrogens with one attached hydrogen (secondary N) is 6. The summed E-state index contributed by atoms with van der Waals surface area (Å²) in [6.45, 7) is 8.13. The summed E-state index contributed by atoms with van der Waals surface area (Å²) in [5.41, 5.74) is 14.9. The molecule has 0 spiro atoms. The van der Waals surface area contributed by atoms with Crippen LogP contribution in [0.2, 0.25) is 25.5 Å². The first-order valence-electron chi connectivity index (χ1n) is 45.1. The first-order valence-corrected chi connectivity index (χ1v) is 47.0. The fraction of sp³-hybridized carbons (Fsp3) is 0.0727. The number of amides is 6. The predicted octanol–water partition coefficient (Wildman–Crippen LogP) is 23.5. The van der Waals surface area contributed by atoms with Crippen molar-refractivity contribution in [1.82, 2.24) is 84.5 Å². The molecule has 0 aliphatic heterocycles. The molecular weight excluding hydrogens is 1980 g/mol. The molecule has 0 unspecified atom stereocenters. The Kier molecular flexibility index (Phi) is 37.8. The van der Waals surface area contributed by atoms with Crippen LogP contribution < -0.4 is 50.8 Å². The number of halogens is 5. The van der Waals surface area contributed by atoms with Gasteiger partial charge in [0.1, 0.15) is 49.3 Å². The Balaban J connectivity index is 0.000000141. The molecule has 6 N–H and O–H groups in total. The highest BCUT2D eigenvalue weighted by molar-refractivity contribution is 6.41. The van der Waals surface area contributed by atoms with Gasteiger partial charge in [0, 0.05) is 121 Å². The Morgan fingerprint density at radius 2 is 0.689 bits per heavy atom. The quantitative estimate of drug-likeness (QED) is 0.0229. The minimum Gasteiger partial charge on any atom is -0.480 e. The largest absolute Gasteiger partial charge is 0.480 e. The summed E-state index contributed by atoms with van der Waals surface area (Å²) in [5, 5.41) is 21.8. The van der Waals surface area contributed by atoms with Crippen LogP contribution in [0.5, 0.6) is 23.5 Å². The Bertz CT molecular complexity index is 7610. The molecule has 0 saturated heterocycles. The van der Waals surface area contributed by atoms with Crippen LogP contribution >= 0.6 is 58.0 Å². The molecule has 0 fully saturated rings. The maximum Gasteiger partial charge on any atom is 0.259 e. The maximum absolute atomic E-state index is 12.4. The van der Waals surface area contributed by atoms with Crippen molar-refractivity contribution in [2.75, 3.05) is 52.7 Å². The summed E-state index contributed by atoms with van der Waals surface area (Å²) in [6.07, 6.45) is 23.8. The molecule has 0 aliphatic rings. The third-order valence-corrected chi connectivity index (χ3v) is 22.1. The van der Waals surface area contributed by atoms with Gasteiger partial charge in [0.15, 0.2) is 0 Å². The van der Waals surface area contributed by atoms with E-state index in [2.05, 4.69) is 112 Å². The van der Waals surface area contributed by atoms with E-state index < -0.39 is 5.91 Å².